The number of benzene rings is 1. The minimum atomic E-state index is -3.78. The van der Waals surface area contributed by atoms with Gasteiger partial charge >= 0.3 is 0 Å². The average Bonchev–Trinajstić information content (AvgIpc) is 3.02. The van der Waals surface area contributed by atoms with Crippen LogP contribution in [0.4, 0.5) is 5.69 Å². The minimum absolute atomic E-state index is 0.116. The molecule has 8 nitrogen and oxygen atoms in total. The topological polar surface area (TPSA) is 107 Å². The molecule has 1 N–H and O–H groups in total. The van der Waals surface area contributed by atoms with E-state index in [0.717, 1.165) is 17.1 Å². The molecule has 0 saturated carbocycles. The molecule has 0 aliphatic rings. The molecule has 0 saturated heterocycles. The Hall–Kier alpha value is -2.78. The van der Waals surface area contributed by atoms with Crippen LogP contribution in [0.5, 0.6) is 0 Å². The Morgan fingerprint density at radius 1 is 1.20 bits per heavy atom. The van der Waals surface area contributed by atoms with Crippen molar-refractivity contribution in [2.75, 3.05) is 6.54 Å². The molecule has 2 aromatic heterocycles. The molecule has 0 radical (unpaired) electrons. The number of aromatic nitrogens is 2. The zero-order chi connectivity index (χ0) is 17.9. The highest BCUT2D eigenvalue weighted by molar-refractivity contribution is 7.89. The number of non-ortho nitro benzene ring substituents is 1. The number of rotatable bonds is 7. The first-order valence-electron chi connectivity index (χ1n) is 7.61. The van der Waals surface area contributed by atoms with Crippen molar-refractivity contribution in [3.05, 3.63) is 65.0 Å². The molecular formula is C16H16N4O4S. The molecule has 130 valence electrons. The van der Waals surface area contributed by atoms with Gasteiger partial charge in [0.2, 0.25) is 10.0 Å². The molecule has 3 aromatic rings. The van der Waals surface area contributed by atoms with Crippen LogP contribution >= 0.6 is 0 Å². The van der Waals surface area contributed by atoms with Gasteiger partial charge in [0.1, 0.15) is 5.65 Å². The van der Waals surface area contributed by atoms with Crippen LogP contribution in [0.3, 0.4) is 0 Å². The first-order chi connectivity index (χ1) is 12.0. The van der Waals surface area contributed by atoms with Gasteiger partial charge in [-0.15, -0.1) is 0 Å². The Labute approximate surface area is 144 Å². The number of pyridine rings is 1. The Bertz CT molecular complexity index is 1010. The van der Waals surface area contributed by atoms with Crippen molar-refractivity contribution < 1.29 is 13.3 Å². The van der Waals surface area contributed by atoms with Gasteiger partial charge in [-0.05, 0) is 30.7 Å². The second-order valence-corrected chi connectivity index (χ2v) is 7.20. The number of aryl methyl sites for hydroxylation is 1. The summed E-state index contributed by atoms with van der Waals surface area (Å²) < 4.78 is 28.9. The SMILES string of the molecule is O=[N+]([O-])c1cccc(S(=O)(=O)NCCCn2ccc3cccnc32)c1. The van der Waals surface area contributed by atoms with Crippen molar-refractivity contribution in [3.63, 3.8) is 0 Å². The van der Waals surface area contributed by atoms with E-state index in [4.69, 9.17) is 0 Å². The lowest BCUT2D eigenvalue weighted by Gasteiger charge is -2.08. The van der Waals surface area contributed by atoms with Crippen molar-refractivity contribution in [1.29, 1.82) is 0 Å². The van der Waals surface area contributed by atoms with E-state index in [9.17, 15) is 18.5 Å². The van der Waals surface area contributed by atoms with Crippen molar-refractivity contribution in [1.82, 2.24) is 14.3 Å². The molecule has 2 heterocycles. The summed E-state index contributed by atoms with van der Waals surface area (Å²) in [5.74, 6) is 0. The van der Waals surface area contributed by atoms with Crippen LogP contribution in [0.15, 0.2) is 59.8 Å². The van der Waals surface area contributed by atoms with Crippen molar-refractivity contribution in [2.45, 2.75) is 17.9 Å². The van der Waals surface area contributed by atoms with E-state index in [2.05, 4.69) is 9.71 Å². The molecule has 3 rings (SSSR count). The highest BCUT2D eigenvalue weighted by atomic mass is 32.2. The first kappa shape index (κ1) is 17.1. The van der Waals surface area contributed by atoms with Gasteiger partial charge in [-0.2, -0.15) is 0 Å². The highest BCUT2D eigenvalue weighted by Gasteiger charge is 2.17. The molecule has 0 unspecified atom stereocenters. The maximum Gasteiger partial charge on any atom is 0.270 e. The number of fused-ring (bicyclic) bond motifs is 1. The summed E-state index contributed by atoms with van der Waals surface area (Å²) in [5.41, 5.74) is 0.594. The number of nitrogens with zero attached hydrogens (tertiary/aromatic N) is 3. The normalized spacial score (nSPS) is 11.7. The van der Waals surface area contributed by atoms with Gasteiger partial charge in [0.05, 0.1) is 9.82 Å². The predicted octanol–water partition coefficient (Wildman–Crippen LogP) is 2.31. The fraction of sp³-hybridized carbons (Fsp3) is 0.188. The number of nitrogens with one attached hydrogen (secondary N) is 1. The van der Waals surface area contributed by atoms with Crippen LogP contribution < -0.4 is 4.72 Å². The van der Waals surface area contributed by atoms with E-state index < -0.39 is 14.9 Å². The number of nitro benzene ring substituents is 1. The van der Waals surface area contributed by atoms with Gasteiger partial charge in [0, 0.05) is 43.0 Å². The van der Waals surface area contributed by atoms with E-state index in [0.29, 0.717) is 13.0 Å². The Kier molecular flexibility index (Phi) is 4.77. The summed E-state index contributed by atoms with van der Waals surface area (Å²) in [7, 11) is -3.78. The fourth-order valence-electron chi connectivity index (χ4n) is 2.50. The van der Waals surface area contributed by atoms with Crippen molar-refractivity contribution >= 4 is 26.7 Å². The fourth-order valence-corrected chi connectivity index (χ4v) is 3.62. The summed E-state index contributed by atoms with van der Waals surface area (Å²) >= 11 is 0. The molecule has 1 aromatic carbocycles. The maximum atomic E-state index is 12.2. The van der Waals surface area contributed by atoms with Gasteiger partial charge in [-0.1, -0.05) is 6.07 Å². The predicted molar refractivity (Wildman–Crippen MR) is 92.6 cm³/mol. The molecule has 0 aliphatic carbocycles. The summed E-state index contributed by atoms with van der Waals surface area (Å²) in [6.45, 7) is 0.829. The average molecular weight is 360 g/mol. The van der Waals surface area contributed by atoms with Crippen LogP contribution in [0.1, 0.15) is 6.42 Å². The maximum absolute atomic E-state index is 12.2. The minimum Gasteiger partial charge on any atom is -0.332 e. The van der Waals surface area contributed by atoms with Gasteiger partial charge < -0.3 is 4.57 Å². The molecule has 0 fully saturated rings. The standard InChI is InChI=1S/C16H16N4O4S/c21-20(22)14-5-1-6-15(12-14)25(23,24)18-9-3-10-19-11-7-13-4-2-8-17-16(13)19/h1-2,4-8,11-12,18H,3,9-10H2. The van der Waals surface area contributed by atoms with E-state index in [-0.39, 0.29) is 17.1 Å². The zero-order valence-electron chi connectivity index (χ0n) is 13.2. The molecule has 0 amide bonds. The summed E-state index contributed by atoms with van der Waals surface area (Å²) in [6, 6.07) is 10.8. The first-order valence-corrected chi connectivity index (χ1v) is 9.10. The van der Waals surface area contributed by atoms with E-state index in [1.165, 1.54) is 18.2 Å². The number of nitro groups is 1. The Balaban J connectivity index is 1.61. The second kappa shape index (κ2) is 6.99. The Morgan fingerprint density at radius 3 is 2.84 bits per heavy atom. The van der Waals surface area contributed by atoms with E-state index >= 15 is 0 Å². The quantitative estimate of drug-likeness (QED) is 0.395. The Morgan fingerprint density at radius 2 is 2.04 bits per heavy atom. The van der Waals surface area contributed by atoms with Crippen LogP contribution in [0.25, 0.3) is 11.0 Å². The molecule has 0 atom stereocenters. The van der Waals surface area contributed by atoms with Gasteiger partial charge in [-0.3, -0.25) is 10.1 Å². The van der Waals surface area contributed by atoms with Crippen molar-refractivity contribution in [3.8, 4) is 0 Å². The number of sulfonamides is 1. The second-order valence-electron chi connectivity index (χ2n) is 5.43. The lowest BCUT2D eigenvalue weighted by molar-refractivity contribution is -0.385. The third kappa shape index (κ3) is 3.83. The molecule has 0 spiro atoms. The smallest absolute Gasteiger partial charge is 0.270 e. The largest absolute Gasteiger partial charge is 0.332 e. The van der Waals surface area contributed by atoms with Gasteiger partial charge in [0.15, 0.2) is 0 Å². The van der Waals surface area contributed by atoms with E-state index in [1.54, 1.807) is 6.20 Å². The lowest BCUT2D eigenvalue weighted by Crippen LogP contribution is -2.25. The van der Waals surface area contributed by atoms with Crippen LogP contribution in [0.2, 0.25) is 0 Å². The third-order valence-corrected chi connectivity index (χ3v) is 5.19. The molecule has 0 bridgehead atoms. The molecule has 25 heavy (non-hydrogen) atoms. The highest BCUT2D eigenvalue weighted by Crippen LogP contribution is 2.17. The van der Waals surface area contributed by atoms with Crippen LogP contribution in [-0.2, 0) is 16.6 Å². The molecule has 9 heteroatoms. The van der Waals surface area contributed by atoms with Crippen LogP contribution in [-0.4, -0.2) is 29.4 Å². The van der Waals surface area contributed by atoms with Crippen LogP contribution in [0, 0.1) is 10.1 Å². The van der Waals surface area contributed by atoms with Gasteiger partial charge in [-0.25, -0.2) is 18.1 Å². The number of hydrogen-bond donors (Lipinski definition) is 1. The monoisotopic (exact) mass is 360 g/mol. The zero-order valence-corrected chi connectivity index (χ0v) is 14.0. The van der Waals surface area contributed by atoms with Gasteiger partial charge in [0.25, 0.3) is 5.69 Å². The molecule has 0 aliphatic heterocycles. The molecular weight excluding hydrogens is 344 g/mol. The summed E-state index contributed by atoms with van der Waals surface area (Å²) in [5, 5.41) is 11.8. The number of hydrogen-bond acceptors (Lipinski definition) is 5. The summed E-state index contributed by atoms with van der Waals surface area (Å²) in [6.07, 6.45) is 4.19. The lowest BCUT2D eigenvalue weighted by atomic mass is 10.3. The third-order valence-electron chi connectivity index (χ3n) is 3.73. The summed E-state index contributed by atoms with van der Waals surface area (Å²) in [4.78, 5) is 14.3. The van der Waals surface area contributed by atoms with E-state index in [1.807, 2.05) is 29.0 Å². The van der Waals surface area contributed by atoms with Crippen molar-refractivity contribution in [2.24, 2.45) is 0 Å².